The van der Waals surface area contributed by atoms with Crippen LogP contribution in [0.5, 0.6) is 0 Å². The van der Waals surface area contributed by atoms with E-state index >= 15 is 0 Å². The van der Waals surface area contributed by atoms with E-state index in [9.17, 15) is 27.6 Å². The van der Waals surface area contributed by atoms with Crippen molar-refractivity contribution < 1.29 is 32.7 Å². The SMILES string of the molecule is C[C@H](NC(=O)C(=O)c1c(Cl)c(C(=O)O)c2n1CCC2)C(F)(F)F. The van der Waals surface area contributed by atoms with E-state index in [4.69, 9.17) is 16.7 Å². The zero-order valence-corrected chi connectivity index (χ0v) is 12.6. The summed E-state index contributed by atoms with van der Waals surface area (Å²) in [6.07, 6.45) is -3.80. The summed E-state index contributed by atoms with van der Waals surface area (Å²) in [7, 11) is 0. The van der Waals surface area contributed by atoms with Crippen molar-refractivity contribution in [2.75, 3.05) is 0 Å². The number of halogens is 4. The van der Waals surface area contributed by atoms with Gasteiger partial charge in [0, 0.05) is 12.2 Å². The first-order chi connectivity index (χ1) is 10.6. The number of rotatable bonds is 4. The van der Waals surface area contributed by atoms with Crippen molar-refractivity contribution in [1.29, 1.82) is 0 Å². The van der Waals surface area contributed by atoms with Crippen LogP contribution in [-0.2, 0) is 17.8 Å². The molecule has 2 heterocycles. The van der Waals surface area contributed by atoms with Gasteiger partial charge in [0.05, 0.1) is 10.6 Å². The number of Topliss-reactive ketones (excluding diaryl/α,β-unsaturated/α-hetero) is 1. The number of hydrogen-bond donors (Lipinski definition) is 2. The van der Waals surface area contributed by atoms with Crippen LogP contribution in [0.1, 0.15) is 39.9 Å². The van der Waals surface area contributed by atoms with Gasteiger partial charge in [-0.2, -0.15) is 13.2 Å². The predicted molar refractivity (Wildman–Crippen MR) is 72.7 cm³/mol. The lowest BCUT2D eigenvalue weighted by molar-refractivity contribution is -0.156. The molecule has 0 unspecified atom stereocenters. The Labute approximate surface area is 133 Å². The molecule has 0 saturated carbocycles. The van der Waals surface area contributed by atoms with Crippen LogP contribution < -0.4 is 5.32 Å². The molecular weight excluding hydrogens is 341 g/mol. The van der Waals surface area contributed by atoms with Gasteiger partial charge in [0.25, 0.3) is 11.7 Å². The maximum absolute atomic E-state index is 12.4. The van der Waals surface area contributed by atoms with Gasteiger partial charge >= 0.3 is 12.1 Å². The molecule has 126 valence electrons. The van der Waals surface area contributed by atoms with Gasteiger partial charge < -0.3 is 15.0 Å². The van der Waals surface area contributed by atoms with Crippen LogP contribution in [0, 0.1) is 0 Å². The maximum atomic E-state index is 12.4. The summed E-state index contributed by atoms with van der Waals surface area (Å²) in [5, 5.41) is 10.3. The summed E-state index contributed by atoms with van der Waals surface area (Å²) in [4.78, 5) is 35.1. The van der Waals surface area contributed by atoms with Crippen molar-refractivity contribution in [1.82, 2.24) is 9.88 Å². The van der Waals surface area contributed by atoms with Crippen LogP contribution in [0.3, 0.4) is 0 Å². The minimum atomic E-state index is -4.70. The summed E-state index contributed by atoms with van der Waals surface area (Å²) < 4.78 is 38.6. The van der Waals surface area contributed by atoms with Gasteiger partial charge in [0.1, 0.15) is 11.7 Å². The third-order valence-corrected chi connectivity index (χ3v) is 3.95. The molecule has 1 aliphatic rings. The van der Waals surface area contributed by atoms with E-state index in [0.29, 0.717) is 25.5 Å². The number of aromatic nitrogens is 1. The molecule has 2 N–H and O–H groups in total. The molecule has 1 aliphatic heterocycles. The molecule has 23 heavy (non-hydrogen) atoms. The summed E-state index contributed by atoms with van der Waals surface area (Å²) in [6.45, 7) is 0.962. The van der Waals surface area contributed by atoms with Crippen LogP contribution >= 0.6 is 11.6 Å². The number of nitrogens with zero attached hydrogens (tertiary/aromatic N) is 1. The molecular formula is C13H12ClF3N2O4. The molecule has 0 bridgehead atoms. The summed E-state index contributed by atoms with van der Waals surface area (Å²) >= 11 is 5.88. The average molecular weight is 353 g/mol. The topological polar surface area (TPSA) is 88.4 Å². The van der Waals surface area contributed by atoms with Crippen molar-refractivity contribution in [3.05, 3.63) is 22.0 Å². The van der Waals surface area contributed by atoms with Crippen molar-refractivity contribution in [3.63, 3.8) is 0 Å². The van der Waals surface area contributed by atoms with Gasteiger partial charge in [0.15, 0.2) is 0 Å². The number of aromatic carboxylic acids is 1. The second kappa shape index (κ2) is 5.88. The largest absolute Gasteiger partial charge is 0.478 e. The lowest BCUT2D eigenvalue weighted by Gasteiger charge is -2.16. The fraction of sp³-hybridized carbons (Fsp3) is 0.462. The number of carbonyl (C=O) groups is 3. The summed E-state index contributed by atoms with van der Waals surface area (Å²) in [5.74, 6) is -4.13. The highest BCUT2D eigenvalue weighted by atomic mass is 35.5. The van der Waals surface area contributed by atoms with Crippen LogP contribution in [-0.4, -0.2) is 39.6 Å². The van der Waals surface area contributed by atoms with Gasteiger partial charge in [-0.1, -0.05) is 11.6 Å². The Kier molecular flexibility index (Phi) is 4.43. The molecule has 0 saturated heterocycles. The molecule has 1 amide bonds. The van der Waals surface area contributed by atoms with Gasteiger partial charge in [-0.25, -0.2) is 4.79 Å². The third-order valence-electron chi connectivity index (χ3n) is 3.58. The molecule has 1 atom stereocenters. The zero-order valence-electron chi connectivity index (χ0n) is 11.8. The van der Waals surface area contributed by atoms with Crippen molar-refractivity contribution >= 4 is 29.3 Å². The standard InChI is InChI=1S/C13H12ClF3N2O4/c1-5(13(15,16)17)18-11(21)10(20)9-8(14)7(12(22)23)6-3-2-4-19(6)9/h5H,2-4H2,1H3,(H,18,21)(H,22,23)/t5-/m0/s1. The number of carboxylic acid groups (broad SMARTS) is 1. The van der Waals surface area contributed by atoms with E-state index in [-0.39, 0.29) is 17.8 Å². The van der Waals surface area contributed by atoms with Crippen molar-refractivity contribution in [2.45, 2.75) is 38.5 Å². The molecule has 0 spiro atoms. The fourth-order valence-electron chi connectivity index (χ4n) is 2.44. The summed E-state index contributed by atoms with van der Waals surface area (Å²) in [6, 6.07) is -2.22. The van der Waals surface area contributed by atoms with E-state index in [2.05, 4.69) is 0 Å². The van der Waals surface area contributed by atoms with Gasteiger partial charge in [-0.15, -0.1) is 0 Å². The molecule has 2 rings (SSSR count). The van der Waals surface area contributed by atoms with Crippen LogP contribution in [0.4, 0.5) is 13.2 Å². The second-order valence-electron chi connectivity index (χ2n) is 5.11. The monoisotopic (exact) mass is 352 g/mol. The molecule has 0 radical (unpaired) electrons. The number of fused-ring (bicyclic) bond motifs is 1. The van der Waals surface area contributed by atoms with E-state index in [1.54, 1.807) is 5.32 Å². The maximum Gasteiger partial charge on any atom is 0.408 e. The number of hydrogen-bond acceptors (Lipinski definition) is 3. The lowest BCUT2D eigenvalue weighted by Crippen LogP contribution is -2.46. The molecule has 1 aromatic heterocycles. The number of nitrogens with one attached hydrogen (secondary N) is 1. The molecule has 10 heteroatoms. The Morgan fingerprint density at radius 3 is 2.48 bits per heavy atom. The predicted octanol–water partition coefficient (Wildman–Crippen LogP) is 2.04. The average Bonchev–Trinajstić information content (AvgIpc) is 2.95. The number of carboxylic acids is 1. The highest BCUT2D eigenvalue weighted by Gasteiger charge is 2.40. The lowest BCUT2D eigenvalue weighted by atomic mass is 10.1. The zero-order chi connectivity index (χ0) is 17.5. The van der Waals surface area contributed by atoms with Gasteiger partial charge in [-0.3, -0.25) is 9.59 Å². The molecule has 0 aliphatic carbocycles. The Morgan fingerprint density at radius 1 is 1.35 bits per heavy atom. The van der Waals surface area contributed by atoms with E-state index in [0.717, 1.165) is 0 Å². The Hall–Kier alpha value is -2.03. The van der Waals surface area contributed by atoms with E-state index < -0.39 is 34.9 Å². The number of carbonyl (C=O) groups excluding carboxylic acids is 2. The van der Waals surface area contributed by atoms with Crippen LogP contribution in [0.15, 0.2) is 0 Å². The van der Waals surface area contributed by atoms with E-state index in [1.807, 2.05) is 0 Å². The highest BCUT2D eigenvalue weighted by molar-refractivity contribution is 6.47. The van der Waals surface area contributed by atoms with Gasteiger partial charge in [-0.05, 0) is 19.8 Å². The Balaban J connectivity index is 2.36. The number of amides is 1. The van der Waals surface area contributed by atoms with Gasteiger partial charge in [0.2, 0.25) is 0 Å². The highest BCUT2D eigenvalue weighted by Crippen LogP contribution is 2.33. The summed E-state index contributed by atoms with van der Waals surface area (Å²) in [5.41, 5.74) is -0.379. The van der Waals surface area contributed by atoms with Crippen LogP contribution in [0.2, 0.25) is 5.02 Å². The molecule has 1 aromatic rings. The Morgan fingerprint density at radius 2 is 1.96 bits per heavy atom. The molecule has 6 nitrogen and oxygen atoms in total. The number of ketones is 1. The second-order valence-corrected chi connectivity index (χ2v) is 5.49. The molecule has 0 aromatic carbocycles. The third kappa shape index (κ3) is 3.05. The first-order valence-electron chi connectivity index (χ1n) is 6.61. The molecule has 0 fully saturated rings. The quantitative estimate of drug-likeness (QED) is 0.641. The first-order valence-corrected chi connectivity index (χ1v) is 6.99. The van der Waals surface area contributed by atoms with E-state index in [1.165, 1.54) is 4.57 Å². The number of alkyl halides is 3. The Bertz CT molecular complexity index is 696. The smallest absolute Gasteiger partial charge is 0.408 e. The fourth-order valence-corrected chi connectivity index (χ4v) is 2.81. The first kappa shape index (κ1) is 17.3. The van der Waals surface area contributed by atoms with Crippen molar-refractivity contribution in [3.8, 4) is 0 Å². The van der Waals surface area contributed by atoms with Crippen molar-refractivity contribution in [2.24, 2.45) is 0 Å². The normalized spacial score (nSPS) is 15.2. The van der Waals surface area contributed by atoms with Crippen LogP contribution in [0.25, 0.3) is 0 Å². The minimum absolute atomic E-state index is 0.269. The minimum Gasteiger partial charge on any atom is -0.478 e.